The highest BCUT2D eigenvalue weighted by atomic mass is 35.5. The van der Waals surface area contributed by atoms with Gasteiger partial charge < -0.3 is 9.32 Å². The molecule has 1 aromatic carbocycles. The third-order valence-electron chi connectivity index (χ3n) is 4.34. The smallest absolute Gasteiger partial charge is 0.274 e. The van der Waals surface area contributed by atoms with E-state index < -0.39 is 0 Å². The summed E-state index contributed by atoms with van der Waals surface area (Å²) in [4.78, 5) is 2.04. The van der Waals surface area contributed by atoms with Crippen molar-refractivity contribution in [3.63, 3.8) is 0 Å². The Labute approximate surface area is 129 Å². The lowest BCUT2D eigenvalue weighted by Crippen LogP contribution is -3.12. The zero-order valence-corrected chi connectivity index (χ0v) is 13.3. The lowest BCUT2D eigenvalue weighted by molar-refractivity contribution is -0.929. The lowest BCUT2D eigenvalue weighted by atomic mass is 9.95. The zero-order valence-electron chi connectivity index (χ0n) is 11.7. The molecular formula is C15H20ClN2OS+. The summed E-state index contributed by atoms with van der Waals surface area (Å²) >= 11 is 11.4. The van der Waals surface area contributed by atoms with Crippen LogP contribution in [0.15, 0.2) is 22.6 Å². The van der Waals surface area contributed by atoms with Crippen molar-refractivity contribution in [2.24, 2.45) is 0 Å². The number of hydrogen-bond acceptors (Lipinski definition) is 2. The Bertz CT molecular complexity index is 657. The van der Waals surface area contributed by atoms with Gasteiger partial charge >= 0.3 is 0 Å². The Morgan fingerprint density at radius 1 is 1.35 bits per heavy atom. The first kappa shape index (κ1) is 14.1. The van der Waals surface area contributed by atoms with Gasteiger partial charge in [-0.25, -0.2) is 0 Å². The van der Waals surface area contributed by atoms with Crippen LogP contribution in [0.3, 0.4) is 0 Å². The van der Waals surface area contributed by atoms with Gasteiger partial charge in [-0.05, 0) is 56.1 Å². The van der Waals surface area contributed by atoms with E-state index in [2.05, 4.69) is 11.6 Å². The van der Waals surface area contributed by atoms with Crippen LogP contribution >= 0.6 is 23.8 Å². The number of fused-ring (bicyclic) bond motifs is 1. The minimum absolute atomic E-state index is 0.539. The normalized spacial score (nSPS) is 18.5. The van der Waals surface area contributed by atoms with E-state index in [9.17, 15) is 0 Å². The molecule has 0 bridgehead atoms. The fourth-order valence-corrected chi connectivity index (χ4v) is 3.58. The summed E-state index contributed by atoms with van der Waals surface area (Å²) < 4.78 is 7.72. The van der Waals surface area contributed by atoms with E-state index in [1.165, 1.54) is 37.0 Å². The van der Waals surface area contributed by atoms with Crippen LogP contribution in [-0.4, -0.2) is 17.7 Å². The maximum Gasteiger partial charge on any atom is 0.274 e. The topological polar surface area (TPSA) is 22.5 Å². The maximum absolute atomic E-state index is 6.09. The fourth-order valence-electron chi connectivity index (χ4n) is 3.16. The molecule has 5 heteroatoms. The van der Waals surface area contributed by atoms with Crippen LogP contribution in [0.25, 0.3) is 11.1 Å². The number of quaternary nitrogens is 1. The Morgan fingerprint density at radius 2 is 2.10 bits per heavy atom. The number of hydrogen-bond donors (Lipinski definition) is 1. The molecule has 1 N–H and O–H groups in total. The third kappa shape index (κ3) is 2.78. The first-order valence-electron chi connectivity index (χ1n) is 7.26. The molecule has 1 unspecified atom stereocenters. The molecule has 0 saturated heterocycles. The average Bonchev–Trinajstić information content (AvgIpc) is 2.76. The van der Waals surface area contributed by atoms with Gasteiger partial charge in [0.2, 0.25) is 0 Å². The van der Waals surface area contributed by atoms with E-state index in [0.717, 1.165) is 28.8 Å². The van der Waals surface area contributed by atoms with E-state index >= 15 is 0 Å². The largest absolute Gasteiger partial charge is 0.429 e. The van der Waals surface area contributed by atoms with E-state index in [1.807, 2.05) is 18.2 Å². The summed E-state index contributed by atoms with van der Waals surface area (Å²) in [5.74, 6) is 0. The van der Waals surface area contributed by atoms with E-state index in [-0.39, 0.29) is 0 Å². The number of nitrogens with zero attached hydrogens (tertiary/aromatic N) is 1. The molecule has 3 rings (SSSR count). The molecule has 1 aliphatic carbocycles. The molecule has 20 heavy (non-hydrogen) atoms. The molecule has 2 aromatic rings. The van der Waals surface area contributed by atoms with Crippen molar-refractivity contribution in [3.8, 4) is 0 Å². The molecule has 0 amide bonds. The van der Waals surface area contributed by atoms with Crippen molar-refractivity contribution in [2.45, 2.75) is 44.8 Å². The quantitative estimate of drug-likeness (QED) is 0.878. The molecular weight excluding hydrogens is 292 g/mol. The number of aromatic nitrogens is 1. The summed E-state index contributed by atoms with van der Waals surface area (Å²) in [6.45, 7) is 0.844. The van der Waals surface area contributed by atoms with Gasteiger partial charge in [0.1, 0.15) is 0 Å². The number of benzene rings is 1. The monoisotopic (exact) mass is 311 g/mol. The zero-order chi connectivity index (χ0) is 14.1. The predicted octanol–water partition coefficient (Wildman–Crippen LogP) is 3.42. The second-order valence-electron chi connectivity index (χ2n) is 5.75. The molecule has 1 aromatic heterocycles. The Hall–Kier alpha value is -0.840. The van der Waals surface area contributed by atoms with Gasteiger partial charge in [-0.15, -0.1) is 0 Å². The van der Waals surface area contributed by atoms with E-state index in [0.29, 0.717) is 4.84 Å². The van der Waals surface area contributed by atoms with Crippen LogP contribution in [0.2, 0.25) is 5.02 Å². The first-order chi connectivity index (χ1) is 9.65. The lowest BCUT2D eigenvalue weighted by Gasteiger charge is -2.28. The molecule has 1 heterocycles. The molecule has 0 aliphatic heterocycles. The molecule has 1 saturated carbocycles. The molecule has 108 valence electrons. The van der Waals surface area contributed by atoms with Gasteiger partial charge in [0.05, 0.1) is 18.6 Å². The second-order valence-corrected chi connectivity index (χ2v) is 6.53. The van der Waals surface area contributed by atoms with Crippen LogP contribution in [0.1, 0.15) is 32.1 Å². The molecule has 1 atom stereocenters. The van der Waals surface area contributed by atoms with Crippen molar-refractivity contribution >= 4 is 34.9 Å². The van der Waals surface area contributed by atoms with Gasteiger partial charge in [-0.2, -0.15) is 0 Å². The van der Waals surface area contributed by atoms with Gasteiger partial charge in [0.25, 0.3) is 4.84 Å². The first-order valence-corrected chi connectivity index (χ1v) is 8.05. The summed E-state index contributed by atoms with van der Waals surface area (Å²) in [5.41, 5.74) is 1.81. The predicted molar refractivity (Wildman–Crippen MR) is 83.8 cm³/mol. The summed E-state index contributed by atoms with van der Waals surface area (Å²) in [7, 11) is 2.25. The maximum atomic E-state index is 6.09. The molecule has 3 nitrogen and oxygen atoms in total. The van der Waals surface area contributed by atoms with Crippen LogP contribution in [0.5, 0.6) is 0 Å². The standard InChI is InChI=1S/C15H19ClN2OS/c1-17(12-5-3-2-4-6-12)10-18-13-9-11(16)7-8-14(13)19-15(18)20/h7-9,12H,2-6,10H2,1H3/p+1. The van der Waals surface area contributed by atoms with Crippen molar-refractivity contribution in [3.05, 3.63) is 28.1 Å². The number of halogens is 1. The summed E-state index contributed by atoms with van der Waals surface area (Å²) in [6, 6.07) is 6.39. The van der Waals surface area contributed by atoms with Crippen molar-refractivity contribution in [1.29, 1.82) is 0 Å². The number of rotatable bonds is 3. The number of oxazole rings is 1. The summed E-state index contributed by atoms with van der Waals surface area (Å²) in [6.07, 6.45) is 6.72. The highest BCUT2D eigenvalue weighted by Gasteiger charge is 2.22. The van der Waals surface area contributed by atoms with E-state index in [1.54, 1.807) is 0 Å². The molecule has 0 spiro atoms. The Kier molecular flexibility index (Phi) is 4.15. The number of nitrogens with one attached hydrogen (secondary N) is 1. The Balaban J connectivity index is 1.88. The van der Waals surface area contributed by atoms with Crippen molar-refractivity contribution in [2.75, 3.05) is 7.05 Å². The molecule has 1 fully saturated rings. The average molecular weight is 312 g/mol. The summed E-state index contributed by atoms with van der Waals surface area (Å²) in [5, 5.41) is 0.720. The third-order valence-corrected chi connectivity index (χ3v) is 4.88. The second kappa shape index (κ2) is 5.88. The van der Waals surface area contributed by atoms with Gasteiger partial charge in [0.15, 0.2) is 12.3 Å². The highest BCUT2D eigenvalue weighted by Crippen LogP contribution is 2.21. The Morgan fingerprint density at radius 3 is 2.85 bits per heavy atom. The van der Waals surface area contributed by atoms with Crippen molar-refractivity contribution in [1.82, 2.24) is 4.57 Å². The van der Waals surface area contributed by atoms with Gasteiger partial charge in [0, 0.05) is 5.02 Å². The van der Waals surface area contributed by atoms with Crippen LogP contribution < -0.4 is 4.90 Å². The van der Waals surface area contributed by atoms with Crippen LogP contribution in [0.4, 0.5) is 0 Å². The minimum Gasteiger partial charge on any atom is -0.429 e. The fraction of sp³-hybridized carbons (Fsp3) is 0.533. The van der Waals surface area contributed by atoms with E-state index in [4.69, 9.17) is 28.2 Å². The van der Waals surface area contributed by atoms with Gasteiger partial charge in [-0.1, -0.05) is 18.0 Å². The highest BCUT2D eigenvalue weighted by molar-refractivity contribution is 7.71. The minimum atomic E-state index is 0.539. The molecule has 1 aliphatic rings. The van der Waals surface area contributed by atoms with Crippen LogP contribution in [-0.2, 0) is 6.67 Å². The van der Waals surface area contributed by atoms with Gasteiger partial charge in [-0.3, -0.25) is 4.57 Å². The van der Waals surface area contributed by atoms with Crippen LogP contribution in [0, 0.1) is 4.84 Å². The SMILES string of the molecule is C[NH+](Cn1c(=S)oc2ccc(Cl)cc21)C1CCCCC1. The van der Waals surface area contributed by atoms with Crippen molar-refractivity contribution < 1.29 is 9.32 Å². The molecule has 0 radical (unpaired) electrons.